The van der Waals surface area contributed by atoms with Crippen LogP contribution in [0.15, 0.2) is 42.6 Å². The first-order valence-corrected chi connectivity index (χ1v) is 9.56. The van der Waals surface area contributed by atoms with Crippen molar-refractivity contribution >= 4 is 17.6 Å². The van der Waals surface area contributed by atoms with Gasteiger partial charge >= 0.3 is 6.36 Å². The highest BCUT2D eigenvalue weighted by molar-refractivity contribution is 5.93. The van der Waals surface area contributed by atoms with Crippen LogP contribution in [0, 0.1) is 12.8 Å². The summed E-state index contributed by atoms with van der Waals surface area (Å²) in [7, 11) is 0. The van der Waals surface area contributed by atoms with Crippen molar-refractivity contribution in [3.05, 3.63) is 53.7 Å². The van der Waals surface area contributed by atoms with Crippen molar-refractivity contribution in [2.45, 2.75) is 32.5 Å². The second-order valence-electron chi connectivity index (χ2n) is 7.21. The molecule has 1 fully saturated rings. The average Bonchev–Trinajstić information content (AvgIpc) is 2.70. The fraction of sp³-hybridized carbons (Fsp3) is 0.381. The highest BCUT2D eigenvalue weighted by Gasteiger charge is 2.31. The summed E-state index contributed by atoms with van der Waals surface area (Å²) in [6.07, 6.45) is -1.74. The molecule has 1 aromatic heterocycles. The van der Waals surface area contributed by atoms with Gasteiger partial charge in [0.2, 0.25) is 11.8 Å². The molecule has 2 heterocycles. The number of pyridine rings is 1. The second-order valence-corrected chi connectivity index (χ2v) is 7.21. The minimum Gasteiger partial charge on any atom is -0.406 e. The number of piperidine rings is 1. The monoisotopic (exact) mass is 421 g/mol. The number of nitrogens with one attached hydrogen (secondary N) is 1. The summed E-state index contributed by atoms with van der Waals surface area (Å²) < 4.78 is 40.5. The molecule has 6 nitrogen and oxygen atoms in total. The molecule has 1 aliphatic heterocycles. The summed E-state index contributed by atoms with van der Waals surface area (Å²) in [4.78, 5) is 31.0. The van der Waals surface area contributed by atoms with Crippen molar-refractivity contribution in [3.63, 3.8) is 0 Å². The van der Waals surface area contributed by atoms with Gasteiger partial charge in [-0.3, -0.25) is 9.59 Å². The van der Waals surface area contributed by atoms with Gasteiger partial charge in [0.05, 0.1) is 12.3 Å². The summed E-state index contributed by atoms with van der Waals surface area (Å²) in [5, 5.41) is 2.82. The Balaban J connectivity index is 1.56. The van der Waals surface area contributed by atoms with Crippen LogP contribution < -0.4 is 10.1 Å². The van der Waals surface area contributed by atoms with Crippen LogP contribution in [0.3, 0.4) is 0 Å². The summed E-state index contributed by atoms with van der Waals surface area (Å²) in [6, 6.07) is 8.85. The molecule has 1 aliphatic rings. The zero-order chi connectivity index (χ0) is 21.7. The third-order valence-electron chi connectivity index (χ3n) is 4.91. The molecule has 0 radical (unpaired) electrons. The van der Waals surface area contributed by atoms with E-state index in [-0.39, 0.29) is 29.9 Å². The normalized spacial score (nSPS) is 16.8. The Bertz CT molecular complexity index is 900. The first kappa shape index (κ1) is 21.6. The molecule has 0 aliphatic carbocycles. The van der Waals surface area contributed by atoms with E-state index in [4.69, 9.17) is 0 Å². The maximum Gasteiger partial charge on any atom is 0.573 e. The minimum atomic E-state index is -4.76. The zero-order valence-corrected chi connectivity index (χ0v) is 16.4. The fourth-order valence-corrected chi connectivity index (χ4v) is 3.35. The number of amides is 2. The third kappa shape index (κ3) is 5.95. The molecule has 1 atom stereocenters. The van der Waals surface area contributed by atoms with Crippen LogP contribution in [-0.4, -0.2) is 41.2 Å². The number of halogens is 3. The predicted octanol–water partition coefficient (Wildman–Crippen LogP) is 3.71. The molecule has 0 spiro atoms. The third-order valence-corrected chi connectivity index (χ3v) is 4.91. The number of nitrogens with zero attached hydrogens (tertiary/aromatic N) is 2. The van der Waals surface area contributed by atoms with Crippen molar-refractivity contribution in [1.82, 2.24) is 9.88 Å². The second kappa shape index (κ2) is 9.15. The van der Waals surface area contributed by atoms with E-state index in [1.54, 1.807) is 17.2 Å². The van der Waals surface area contributed by atoms with E-state index in [1.165, 1.54) is 24.3 Å². The van der Waals surface area contributed by atoms with Gasteiger partial charge in [-0.15, -0.1) is 13.2 Å². The smallest absolute Gasteiger partial charge is 0.406 e. The summed E-state index contributed by atoms with van der Waals surface area (Å²) in [6.45, 7) is 2.69. The summed E-state index contributed by atoms with van der Waals surface area (Å²) >= 11 is 0. The Labute approximate surface area is 172 Å². The van der Waals surface area contributed by atoms with Gasteiger partial charge in [-0.1, -0.05) is 18.2 Å². The van der Waals surface area contributed by atoms with Gasteiger partial charge < -0.3 is 15.0 Å². The Morgan fingerprint density at radius 2 is 1.97 bits per heavy atom. The Morgan fingerprint density at radius 3 is 2.63 bits per heavy atom. The maximum atomic E-state index is 12.6. The molecule has 2 aromatic rings. The quantitative estimate of drug-likeness (QED) is 0.799. The van der Waals surface area contributed by atoms with Gasteiger partial charge in [0, 0.05) is 19.3 Å². The minimum absolute atomic E-state index is 0.0417. The molecule has 0 bridgehead atoms. The Hall–Kier alpha value is -3.10. The molecule has 30 heavy (non-hydrogen) atoms. The number of aromatic nitrogens is 1. The number of alkyl halides is 3. The number of carbonyl (C=O) groups is 2. The van der Waals surface area contributed by atoms with Gasteiger partial charge in [0.1, 0.15) is 11.6 Å². The molecular formula is C21H22F3N3O3. The molecule has 1 saturated heterocycles. The van der Waals surface area contributed by atoms with E-state index < -0.39 is 6.36 Å². The van der Waals surface area contributed by atoms with Crippen LogP contribution in [0.1, 0.15) is 24.0 Å². The number of hydrogen-bond acceptors (Lipinski definition) is 4. The number of aryl methyl sites for hydroxylation is 1. The first-order valence-electron chi connectivity index (χ1n) is 9.56. The Morgan fingerprint density at radius 1 is 1.23 bits per heavy atom. The number of hydrogen-bond donors (Lipinski definition) is 1. The van der Waals surface area contributed by atoms with E-state index in [2.05, 4.69) is 15.0 Å². The highest BCUT2D eigenvalue weighted by atomic mass is 19.4. The number of ether oxygens (including phenoxy) is 1. The largest absolute Gasteiger partial charge is 0.573 e. The highest BCUT2D eigenvalue weighted by Crippen LogP contribution is 2.24. The SMILES string of the molecule is Cc1cccnc1NC(=O)C1CCCN(C(=O)Cc2ccc(OC(F)(F)F)cc2)C1. The van der Waals surface area contributed by atoms with Crippen molar-refractivity contribution < 1.29 is 27.5 Å². The number of carbonyl (C=O) groups excluding carboxylic acids is 2. The lowest BCUT2D eigenvalue weighted by Gasteiger charge is -2.32. The lowest BCUT2D eigenvalue weighted by molar-refractivity contribution is -0.274. The van der Waals surface area contributed by atoms with Gasteiger partial charge in [0.25, 0.3) is 0 Å². The number of anilines is 1. The number of rotatable bonds is 5. The molecule has 1 aromatic carbocycles. The van der Waals surface area contributed by atoms with E-state index in [0.29, 0.717) is 37.3 Å². The molecule has 9 heteroatoms. The van der Waals surface area contributed by atoms with E-state index in [0.717, 1.165) is 5.56 Å². The van der Waals surface area contributed by atoms with Crippen LogP contribution in [0.2, 0.25) is 0 Å². The maximum absolute atomic E-state index is 12.6. The average molecular weight is 421 g/mol. The molecule has 2 amide bonds. The van der Waals surface area contributed by atoms with Crippen LogP contribution >= 0.6 is 0 Å². The van der Waals surface area contributed by atoms with Gasteiger partial charge in [0.15, 0.2) is 0 Å². The van der Waals surface area contributed by atoms with Crippen molar-refractivity contribution in [1.29, 1.82) is 0 Å². The first-order chi connectivity index (χ1) is 14.2. The summed E-state index contributed by atoms with van der Waals surface area (Å²) in [5.74, 6) is -0.522. The predicted molar refractivity (Wildman–Crippen MR) is 104 cm³/mol. The van der Waals surface area contributed by atoms with Crippen LogP contribution in [0.5, 0.6) is 5.75 Å². The van der Waals surface area contributed by atoms with Crippen LogP contribution in [-0.2, 0) is 16.0 Å². The van der Waals surface area contributed by atoms with Crippen molar-refractivity contribution in [3.8, 4) is 5.75 Å². The van der Waals surface area contributed by atoms with Crippen molar-refractivity contribution in [2.24, 2.45) is 5.92 Å². The van der Waals surface area contributed by atoms with Gasteiger partial charge in [-0.05, 0) is 49.1 Å². The van der Waals surface area contributed by atoms with Crippen molar-refractivity contribution in [2.75, 3.05) is 18.4 Å². The summed E-state index contributed by atoms with van der Waals surface area (Å²) in [5.41, 5.74) is 1.43. The Kier molecular flexibility index (Phi) is 6.59. The molecule has 1 N–H and O–H groups in total. The van der Waals surface area contributed by atoms with E-state index >= 15 is 0 Å². The number of benzene rings is 1. The lowest BCUT2D eigenvalue weighted by Crippen LogP contribution is -2.44. The lowest BCUT2D eigenvalue weighted by atomic mass is 9.96. The molecule has 1 unspecified atom stereocenters. The molecule has 0 saturated carbocycles. The molecule has 3 rings (SSSR count). The van der Waals surface area contributed by atoms with Crippen LogP contribution in [0.4, 0.5) is 19.0 Å². The van der Waals surface area contributed by atoms with Gasteiger partial charge in [-0.2, -0.15) is 0 Å². The molecular weight excluding hydrogens is 399 g/mol. The zero-order valence-electron chi connectivity index (χ0n) is 16.4. The van der Waals surface area contributed by atoms with Crippen LogP contribution in [0.25, 0.3) is 0 Å². The standard InChI is InChI=1S/C21H22F3N3O3/c1-14-4-2-10-25-19(14)26-20(29)16-5-3-11-27(13-16)18(28)12-15-6-8-17(9-7-15)30-21(22,23)24/h2,4,6-10,16H,3,5,11-13H2,1H3,(H,25,26,29). The number of likely N-dealkylation sites (tertiary alicyclic amines) is 1. The van der Waals surface area contributed by atoms with E-state index in [9.17, 15) is 22.8 Å². The van der Waals surface area contributed by atoms with Gasteiger partial charge in [-0.25, -0.2) is 4.98 Å². The fourth-order valence-electron chi connectivity index (χ4n) is 3.35. The molecule has 160 valence electrons. The van der Waals surface area contributed by atoms with E-state index in [1.807, 2.05) is 13.0 Å². The topological polar surface area (TPSA) is 71.5 Å².